The maximum Gasteiger partial charge on any atom is 2.00 e. The molecule has 0 spiro atoms. The van der Waals surface area contributed by atoms with Gasteiger partial charge < -0.3 is 0 Å². The summed E-state index contributed by atoms with van der Waals surface area (Å²) in [5.41, 5.74) is 0.640. The first-order chi connectivity index (χ1) is 4.30. The van der Waals surface area contributed by atoms with E-state index in [1.54, 1.807) is 12.1 Å². The van der Waals surface area contributed by atoms with Gasteiger partial charge in [0, 0.05) is 5.56 Å². The summed E-state index contributed by atoms with van der Waals surface area (Å²) >= 11 is 3.65. The first-order valence-corrected chi connectivity index (χ1v) is 3.04. The van der Waals surface area contributed by atoms with Gasteiger partial charge in [-0.2, -0.15) is 0 Å². The zero-order valence-electron chi connectivity index (χ0n) is 5.45. The van der Waals surface area contributed by atoms with Gasteiger partial charge in [0.1, 0.15) is 0 Å². The number of carbonyl (C=O) groups excluding carboxylic acids is 1. The molecule has 0 aliphatic rings. The Morgan fingerprint density at radius 2 is 1.70 bits per heavy atom. The monoisotopic (exact) mass is 202 g/mol. The number of benzene rings is 1. The van der Waals surface area contributed by atoms with E-state index in [2.05, 4.69) is 12.6 Å². The van der Waals surface area contributed by atoms with Crippen LogP contribution in [0.5, 0.6) is 0 Å². The maximum atomic E-state index is 10.5. The molecule has 3 heteroatoms. The van der Waals surface area contributed by atoms with Gasteiger partial charge in [0.2, 0.25) is 5.12 Å². The Bertz CT molecular complexity index is 210. The van der Waals surface area contributed by atoms with Crippen LogP contribution in [0, 0.1) is 0 Å². The fourth-order valence-corrected chi connectivity index (χ4v) is 0.730. The molecule has 0 fully saturated rings. The number of thiol groups is 1. The van der Waals surface area contributed by atoms with Crippen molar-refractivity contribution in [3.8, 4) is 0 Å². The van der Waals surface area contributed by atoms with Crippen molar-refractivity contribution in [3.05, 3.63) is 35.9 Å². The number of carbonyl (C=O) groups is 1. The number of hydrogen-bond donors (Lipinski definition) is 1. The summed E-state index contributed by atoms with van der Waals surface area (Å²) in [6.45, 7) is 0. The molecule has 0 amide bonds. The van der Waals surface area contributed by atoms with Crippen LogP contribution in [0.3, 0.4) is 0 Å². The van der Waals surface area contributed by atoms with Gasteiger partial charge in [-0.05, 0) is 0 Å². The van der Waals surface area contributed by atoms with E-state index in [1.807, 2.05) is 18.2 Å². The van der Waals surface area contributed by atoms with E-state index in [9.17, 15) is 4.79 Å². The molecule has 1 aromatic rings. The van der Waals surface area contributed by atoms with Crippen molar-refractivity contribution in [2.75, 3.05) is 0 Å². The summed E-state index contributed by atoms with van der Waals surface area (Å²) in [5, 5.41) is -0.185. The third kappa shape index (κ3) is 2.63. The average Bonchev–Trinajstić information content (AvgIpc) is 1.90. The van der Waals surface area contributed by atoms with Crippen molar-refractivity contribution in [3.63, 3.8) is 0 Å². The fraction of sp³-hybridized carbons (Fsp3) is 0. The summed E-state index contributed by atoms with van der Waals surface area (Å²) in [6.07, 6.45) is 0. The van der Waals surface area contributed by atoms with E-state index in [0.717, 1.165) is 0 Å². The fourth-order valence-electron chi connectivity index (χ4n) is 0.581. The second-order valence-corrected chi connectivity index (χ2v) is 2.08. The number of hydrogen-bond acceptors (Lipinski definition) is 1. The van der Waals surface area contributed by atoms with Gasteiger partial charge in [-0.15, -0.1) is 12.6 Å². The maximum absolute atomic E-state index is 10.5. The second-order valence-electron chi connectivity index (χ2n) is 1.67. The Hall–Kier alpha value is -0.137. The minimum atomic E-state index is -0.185. The minimum Gasteiger partial charge on any atom is -0.282 e. The molecule has 0 atom stereocenters. The van der Waals surface area contributed by atoms with Crippen LogP contribution in [0.15, 0.2) is 30.3 Å². The van der Waals surface area contributed by atoms with Crippen LogP contribution in [0.1, 0.15) is 10.4 Å². The molecule has 0 aromatic heterocycles. The van der Waals surface area contributed by atoms with E-state index in [-0.39, 0.29) is 24.6 Å². The summed E-state index contributed by atoms with van der Waals surface area (Å²) < 4.78 is 0. The first-order valence-electron chi connectivity index (χ1n) is 2.59. The van der Waals surface area contributed by atoms with Gasteiger partial charge >= 0.3 is 19.5 Å². The molecule has 10 heavy (non-hydrogen) atoms. The normalized spacial score (nSPS) is 8.10. The molecule has 0 saturated heterocycles. The average molecular weight is 204 g/mol. The van der Waals surface area contributed by atoms with Crippen molar-refractivity contribution in [2.45, 2.75) is 0 Å². The molecule has 0 heterocycles. The molecule has 46 valence electrons. The van der Waals surface area contributed by atoms with Gasteiger partial charge in [0.15, 0.2) is 0 Å². The predicted molar refractivity (Wildman–Crippen MR) is 39.8 cm³/mol. The third-order valence-electron chi connectivity index (χ3n) is 1.02. The molecule has 0 saturated carbocycles. The summed E-state index contributed by atoms with van der Waals surface area (Å²) in [6, 6.07) is 8.94. The van der Waals surface area contributed by atoms with E-state index in [0.29, 0.717) is 5.56 Å². The Labute approximate surface area is 78.0 Å². The molecule has 0 unspecified atom stereocenters. The minimum absolute atomic E-state index is 0. The SMILES string of the molecule is O=C(S)c1ccccc1.[Zn+2]. The summed E-state index contributed by atoms with van der Waals surface area (Å²) in [4.78, 5) is 10.5. The van der Waals surface area contributed by atoms with Crippen LogP contribution in [0.2, 0.25) is 0 Å². The smallest absolute Gasteiger partial charge is 0.282 e. The Morgan fingerprint density at radius 3 is 2.00 bits per heavy atom. The van der Waals surface area contributed by atoms with E-state index < -0.39 is 0 Å². The van der Waals surface area contributed by atoms with E-state index in [4.69, 9.17) is 0 Å². The molecule has 0 aliphatic carbocycles. The molecule has 0 N–H and O–H groups in total. The molecular formula is C7H6OSZn+2. The molecule has 1 rings (SSSR count). The van der Waals surface area contributed by atoms with Gasteiger partial charge in [0.05, 0.1) is 0 Å². The summed E-state index contributed by atoms with van der Waals surface area (Å²) in [7, 11) is 0. The third-order valence-corrected chi connectivity index (χ3v) is 1.28. The molecular weight excluding hydrogens is 198 g/mol. The van der Waals surface area contributed by atoms with Gasteiger partial charge in [-0.1, -0.05) is 30.3 Å². The topological polar surface area (TPSA) is 17.1 Å². The van der Waals surface area contributed by atoms with Gasteiger partial charge in [-0.3, -0.25) is 4.79 Å². The molecule has 0 bridgehead atoms. The summed E-state index contributed by atoms with van der Waals surface area (Å²) in [5.74, 6) is 0. The van der Waals surface area contributed by atoms with Crippen molar-refractivity contribution in [1.82, 2.24) is 0 Å². The van der Waals surface area contributed by atoms with Gasteiger partial charge in [0.25, 0.3) is 0 Å². The zero-order chi connectivity index (χ0) is 6.69. The zero-order valence-corrected chi connectivity index (χ0v) is 9.31. The van der Waals surface area contributed by atoms with Crippen LogP contribution in [0.4, 0.5) is 0 Å². The largest absolute Gasteiger partial charge is 2.00 e. The quantitative estimate of drug-likeness (QED) is 0.544. The van der Waals surface area contributed by atoms with Crippen molar-refractivity contribution in [2.24, 2.45) is 0 Å². The molecule has 1 aromatic carbocycles. The van der Waals surface area contributed by atoms with Crippen LogP contribution in [-0.2, 0) is 19.5 Å². The second kappa shape index (κ2) is 4.64. The van der Waals surface area contributed by atoms with E-state index >= 15 is 0 Å². The predicted octanol–water partition coefficient (Wildman–Crippen LogP) is 1.75. The van der Waals surface area contributed by atoms with Crippen molar-refractivity contribution < 1.29 is 24.3 Å². The standard InChI is InChI=1S/C7H6OS.Zn/c8-7(9)6-4-2-1-3-5-6;/h1-5H,(H,8,9);/q;+2. The Balaban J connectivity index is 0.000000810. The van der Waals surface area contributed by atoms with Crippen LogP contribution < -0.4 is 0 Å². The Morgan fingerprint density at radius 1 is 1.20 bits per heavy atom. The first kappa shape index (κ1) is 9.86. The number of rotatable bonds is 1. The molecule has 1 nitrogen and oxygen atoms in total. The van der Waals surface area contributed by atoms with E-state index in [1.165, 1.54) is 0 Å². The van der Waals surface area contributed by atoms with Gasteiger partial charge in [-0.25, -0.2) is 0 Å². The van der Waals surface area contributed by atoms with Crippen molar-refractivity contribution >= 4 is 17.7 Å². The van der Waals surface area contributed by atoms with Crippen LogP contribution in [-0.4, -0.2) is 5.12 Å². The van der Waals surface area contributed by atoms with Crippen molar-refractivity contribution in [1.29, 1.82) is 0 Å². The Kier molecular flexibility index (Phi) is 4.58. The molecule has 0 aliphatic heterocycles. The van der Waals surface area contributed by atoms with Crippen LogP contribution >= 0.6 is 12.6 Å². The molecule has 0 radical (unpaired) electrons. The van der Waals surface area contributed by atoms with Crippen LogP contribution in [0.25, 0.3) is 0 Å².